The number of ether oxygens (including phenoxy) is 2. The van der Waals surface area contributed by atoms with Gasteiger partial charge in [0.25, 0.3) is 5.91 Å². The van der Waals surface area contributed by atoms with E-state index >= 15 is 0 Å². The number of rotatable bonds is 5. The van der Waals surface area contributed by atoms with Crippen molar-refractivity contribution >= 4 is 11.7 Å². The monoisotopic (exact) mass is 479 g/mol. The number of nitrogens with one attached hydrogen (secondary N) is 2. The van der Waals surface area contributed by atoms with Gasteiger partial charge in [-0.15, -0.1) is 5.10 Å². The highest BCUT2D eigenvalue weighted by molar-refractivity contribution is 5.95. The van der Waals surface area contributed by atoms with Crippen molar-refractivity contribution in [2.75, 3.05) is 26.3 Å². The van der Waals surface area contributed by atoms with Crippen molar-refractivity contribution in [3.63, 3.8) is 0 Å². The van der Waals surface area contributed by atoms with E-state index in [0.29, 0.717) is 43.3 Å². The van der Waals surface area contributed by atoms with Gasteiger partial charge in [-0.1, -0.05) is 25.9 Å². The first kappa shape index (κ1) is 24.3. The molecule has 0 saturated carbocycles. The molecule has 1 aliphatic rings. The lowest BCUT2D eigenvalue weighted by Crippen LogP contribution is -2.40. The number of nitrogens with zero attached hydrogens (tertiary/aromatic N) is 5. The molecule has 11 heteroatoms. The van der Waals surface area contributed by atoms with Crippen LogP contribution in [0.25, 0.3) is 0 Å². The SMILES string of the molecule is Cc1cc(C(=N)n2nc(OCc3ccc(C(=O)N4CCOCC4)cn3)c(C(C)(C)C)cc2=N)no1. The molecule has 2 N–H and O–H groups in total. The molecule has 184 valence electrons. The summed E-state index contributed by atoms with van der Waals surface area (Å²) in [7, 11) is 0. The van der Waals surface area contributed by atoms with Crippen molar-refractivity contribution in [2.24, 2.45) is 0 Å². The van der Waals surface area contributed by atoms with E-state index in [1.165, 1.54) is 0 Å². The fraction of sp³-hybridized carbons (Fsp3) is 0.417. The summed E-state index contributed by atoms with van der Waals surface area (Å²) < 4.78 is 17.5. The second-order valence-electron chi connectivity index (χ2n) is 9.31. The second kappa shape index (κ2) is 9.79. The van der Waals surface area contributed by atoms with E-state index in [2.05, 4.69) is 15.2 Å². The Morgan fingerprint density at radius 3 is 2.54 bits per heavy atom. The van der Waals surface area contributed by atoms with Gasteiger partial charge in [-0.25, -0.2) is 0 Å². The molecule has 0 aromatic carbocycles. The molecule has 3 aromatic rings. The number of carbonyl (C=O) groups is 1. The van der Waals surface area contributed by atoms with Crippen molar-refractivity contribution in [1.82, 2.24) is 24.8 Å². The van der Waals surface area contributed by atoms with Crippen molar-refractivity contribution in [3.8, 4) is 5.88 Å². The maximum atomic E-state index is 12.6. The van der Waals surface area contributed by atoms with Gasteiger partial charge in [0.1, 0.15) is 17.9 Å². The lowest BCUT2D eigenvalue weighted by molar-refractivity contribution is 0.0302. The van der Waals surface area contributed by atoms with Crippen LogP contribution >= 0.6 is 0 Å². The third-order valence-electron chi connectivity index (χ3n) is 5.55. The van der Waals surface area contributed by atoms with Gasteiger partial charge in [0.05, 0.1) is 24.5 Å². The van der Waals surface area contributed by atoms with Crippen LogP contribution in [0.4, 0.5) is 0 Å². The van der Waals surface area contributed by atoms with E-state index in [0.717, 1.165) is 10.2 Å². The summed E-state index contributed by atoms with van der Waals surface area (Å²) in [6.45, 7) is 10.0. The highest BCUT2D eigenvalue weighted by atomic mass is 16.5. The number of pyridine rings is 1. The quantitative estimate of drug-likeness (QED) is 0.422. The molecule has 0 spiro atoms. The summed E-state index contributed by atoms with van der Waals surface area (Å²) in [5.41, 5.74) is 1.79. The Balaban J connectivity index is 1.55. The molecule has 11 nitrogen and oxygen atoms in total. The molecular formula is C24H29N7O4. The molecule has 0 unspecified atom stereocenters. The zero-order valence-corrected chi connectivity index (χ0v) is 20.3. The average molecular weight is 480 g/mol. The molecule has 1 amide bonds. The number of hydrogen-bond donors (Lipinski definition) is 2. The first-order valence-electron chi connectivity index (χ1n) is 11.3. The van der Waals surface area contributed by atoms with Crippen LogP contribution in [0, 0.1) is 17.7 Å². The largest absolute Gasteiger partial charge is 0.470 e. The maximum absolute atomic E-state index is 12.6. The first-order chi connectivity index (χ1) is 16.6. The molecule has 0 atom stereocenters. The van der Waals surface area contributed by atoms with Gasteiger partial charge in [0.15, 0.2) is 11.5 Å². The number of aromatic nitrogens is 4. The minimum atomic E-state index is -0.355. The molecule has 0 radical (unpaired) electrons. The van der Waals surface area contributed by atoms with Crippen LogP contribution in [0.5, 0.6) is 5.88 Å². The van der Waals surface area contributed by atoms with E-state index in [-0.39, 0.29) is 40.8 Å². The van der Waals surface area contributed by atoms with E-state index in [4.69, 9.17) is 24.8 Å². The van der Waals surface area contributed by atoms with Gasteiger partial charge in [0.2, 0.25) is 5.88 Å². The summed E-state index contributed by atoms with van der Waals surface area (Å²) in [5, 5.41) is 25.1. The minimum Gasteiger partial charge on any atom is -0.470 e. The van der Waals surface area contributed by atoms with Gasteiger partial charge in [-0.2, -0.15) is 4.68 Å². The van der Waals surface area contributed by atoms with Crippen molar-refractivity contribution in [2.45, 2.75) is 39.7 Å². The predicted molar refractivity (Wildman–Crippen MR) is 126 cm³/mol. The minimum absolute atomic E-state index is 0.0250. The predicted octanol–water partition coefficient (Wildman–Crippen LogP) is 2.28. The van der Waals surface area contributed by atoms with Gasteiger partial charge in [0, 0.05) is 30.9 Å². The maximum Gasteiger partial charge on any atom is 0.255 e. The van der Waals surface area contributed by atoms with Gasteiger partial charge in [-0.3, -0.25) is 20.6 Å². The van der Waals surface area contributed by atoms with Gasteiger partial charge < -0.3 is 18.9 Å². The third kappa shape index (κ3) is 5.46. The molecular weight excluding hydrogens is 450 g/mol. The standard InChI is InChI=1S/C24H29N7O4/c1-15-11-19(29-35-15)21(26)31-20(25)12-18(24(2,3)4)22(28-31)34-14-17-6-5-16(13-27-17)23(32)30-7-9-33-10-8-30/h5-6,11-13,25-26H,7-10,14H2,1-4H3. The Hall–Kier alpha value is -3.86. The number of aryl methyl sites for hydroxylation is 1. The van der Waals surface area contributed by atoms with Gasteiger partial charge >= 0.3 is 0 Å². The number of carbonyl (C=O) groups excluding carboxylic acids is 1. The smallest absolute Gasteiger partial charge is 0.255 e. The van der Waals surface area contributed by atoms with Crippen molar-refractivity contribution < 1.29 is 18.8 Å². The Bertz CT molecular complexity index is 1280. The Morgan fingerprint density at radius 1 is 1.20 bits per heavy atom. The van der Waals surface area contributed by atoms with Crippen molar-refractivity contribution in [3.05, 3.63) is 64.2 Å². The summed E-state index contributed by atoms with van der Waals surface area (Å²) in [6.07, 6.45) is 1.55. The van der Waals surface area contributed by atoms with E-state index in [9.17, 15) is 4.79 Å². The molecule has 1 aliphatic heterocycles. The zero-order valence-electron chi connectivity index (χ0n) is 20.3. The Labute approximate surface area is 202 Å². The van der Waals surface area contributed by atoms with Crippen LogP contribution in [0.2, 0.25) is 0 Å². The van der Waals surface area contributed by atoms with Crippen LogP contribution in [0.15, 0.2) is 35.0 Å². The highest BCUT2D eigenvalue weighted by Crippen LogP contribution is 2.28. The topological polar surface area (TPSA) is 143 Å². The molecule has 35 heavy (non-hydrogen) atoms. The van der Waals surface area contributed by atoms with Crippen LogP contribution < -0.4 is 10.2 Å². The highest BCUT2D eigenvalue weighted by Gasteiger charge is 2.24. The Kier molecular flexibility index (Phi) is 6.79. The fourth-order valence-electron chi connectivity index (χ4n) is 3.59. The molecule has 4 heterocycles. The van der Waals surface area contributed by atoms with Crippen LogP contribution in [0.3, 0.4) is 0 Å². The van der Waals surface area contributed by atoms with Gasteiger partial charge in [-0.05, 0) is 30.5 Å². The summed E-state index contributed by atoms with van der Waals surface area (Å²) in [6, 6.07) is 6.73. The zero-order chi connectivity index (χ0) is 25.2. The second-order valence-corrected chi connectivity index (χ2v) is 9.31. The lowest BCUT2D eigenvalue weighted by Gasteiger charge is -2.26. The summed E-state index contributed by atoms with van der Waals surface area (Å²) in [5.74, 6) is 0.676. The molecule has 3 aromatic heterocycles. The molecule has 0 aliphatic carbocycles. The third-order valence-corrected chi connectivity index (χ3v) is 5.55. The molecule has 0 bridgehead atoms. The first-order valence-corrected chi connectivity index (χ1v) is 11.3. The number of amides is 1. The number of hydrogen-bond acceptors (Lipinski definition) is 9. The van der Waals surface area contributed by atoms with E-state index in [1.54, 1.807) is 42.3 Å². The summed E-state index contributed by atoms with van der Waals surface area (Å²) >= 11 is 0. The Morgan fingerprint density at radius 2 is 1.94 bits per heavy atom. The molecule has 1 saturated heterocycles. The van der Waals surface area contributed by atoms with Crippen LogP contribution in [0.1, 0.15) is 53.8 Å². The normalized spacial score (nSPS) is 14.1. The fourth-order valence-corrected chi connectivity index (χ4v) is 3.59. The molecule has 4 rings (SSSR count). The van der Waals surface area contributed by atoms with E-state index < -0.39 is 0 Å². The van der Waals surface area contributed by atoms with Crippen LogP contribution in [-0.2, 0) is 16.8 Å². The average Bonchev–Trinajstić information content (AvgIpc) is 3.28. The van der Waals surface area contributed by atoms with E-state index in [1.807, 2.05) is 20.8 Å². The van der Waals surface area contributed by atoms with Crippen LogP contribution in [-0.4, -0.2) is 62.9 Å². The number of morpholine rings is 1. The summed E-state index contributed by atoms with van der Waals surface area (Å²) in [4.78, 5) is 18.8. The van der Waals surface area contributed by atoms with Crippen molar-refractivity contribution in [1.29, 1.82) is 10.8 Å². The lowest BCUT2D eigenvalue weighted by atomic mass is 9.88. The molecule has 1 fully saturated rings.